The number of aromatic hydroxyl groups is 1. The number of aliphatic hydroxyl groups is 2. The summed E-state index contributed by atoms with van der Waals surface area (Å²) < 4.78 is 20.1. The summed E-state index contributed by atoms with van der Waals surface area (Å²) in [5.41, 5.74) is -1.51. The lowest BCUT2D eigenvalue weighted by Gasteiger charge is -2.23. The summed E-state index contributed by atoms with van der Waals surface area (Å²) in [5.74, 6) is -2.58. The molecule has 1 aromatic carbocycles. The first-order valence-corrected chi connectivity index (χ1v) is 7.66. The van der Waals surface area contributed by atoms with Gasteiger partial charge in [0.1, 0.15) is 17.9 Å². The van der Waals surface area contributed by atoms with E-state index in [1.165, 1.54) is 7.11 Å². The monoisotopic (exact) mass is 362 g/mol. The van der Waals surface area contributed by atoms with Gasteiger partial charge in [-0.05, 0) is 11.6 Å². The highest BCUT2D eigenvalue weighted by molar-refractivity contribution is 5.95. The van der Waals surface area contributed by atoms with Crippen LogP contribution >= 0.6 is 0 Å². The number of hydrogen-bond donors (Lipinski definition) is 3. The first-order valence-electron chi connectivity index (χ1n) is 7.66. The van der Waals surface area contributed by atoms with Gasteiger partial charge in [0.15, 0.2) is 17.1 Å². The van der Waals surface area contributed by atoms with E-state index in [0.717, 1.165) is 12.3 Å². The van der Waals surface area contributed by atoms with Crippen LogP contribution in [0, 0.1) is 0 Å². The van der Waals surface area contributed by atoms with Gasteiger partial charge in [0, 0.05) is 18.1 Å². The fourth-order valence-corrected chi connectivity index (χ4v) is 3.40. The van der Waals surface area contributed by atoms with Crippen molar-refractivity contribution in [2.24, 2.45) is 0 Å². The van der Waals surface area contributed by atoms with Crippen molar-refractivity contribution in [2.45, 2.75) is 24.4 Å². The lowest BCUT2D eigenvalue weighted by Crippen LogP contribution is -2.33. The number of fused-ring (bicyclic) bond motifs is 3. The maximum atomic E-state index is 12.2. The number of phenols is 1. The summed E-state index contributed by atoms with van der Waals surface area (Å²) in [6.07, 6.45) is -0.0719. The Kier molecular flexibility index (Phi) is 3.38. The second kappa shape index (κ2) is 5.40. The van der Waals surface area contributed by atoms with Crippen LogP contribution in [0.5, 0.6) is 11.5 Å². The summed E-state index contributed by atoms with van der Waals surface area (Å²) >= 11 is 0. The van der Waals surface area contributed by atoms with Crippen LogP contribution in [-0.4, -0.2) is 46.8 Å². The van der Waals surface area contributed by atoms with Gasteiger partial charge in [0.2, 0.25) is 5.76 Å². The number of ether oxygens (including phenoxy) is 4. The predicted molar refractivity (Wildman–Crippen MR) is 81.9 cm³/mol. The highest BCUT2D eigenvalue weighted by atomic mass is 16.7. The Morgan fingerprint density at radius 1 is 1.23 bits per heavy atom. The summed E-state index contributed by atoms with van der Waals surface area (Å²) in [7, 11) is 1.36. The summed E-state index contributed by atoms with van der Waals surface area (Å²) in [6.45, 7) is 0. The van der Waals surface area contributed by atoms with E-state index >= 15 is 0 Å². The van der Waals surface area contributed by atoms with Crippen molar-refractivity contribution in [3.05, 3.63) is 46.9 Å². The lowest BCUT2D eigenvalue weighted by molar-refractivity contribution is -0.154. The van der Waals surface area contributed by atoms with Crippen molar-refractivity contribution < 1.29 is 43.9 Å². The molecule has 0 saturated carbocycles. The minimum atomic E-state index is -1.95. The molecule has 26 heavy (non-hydrogen) atoms. The molecule has 0 spiro atoms. The van der Waals surface area contributed by atoms with Crippen LogP contribution in [0.2, 0.25) is 0 Å². The number of benzene rings is 1. The molecule has 0 aromatic heterocycles. The minimum absolute atomic E-state index is 0.101. The second-order valence-corrected chi connectivity index (χ2v) is 6.01. The van der Waals surface area contributed by atoms with E-state index in [-0.39, 0.29) is 29.1 Å². The van der Waals surface area contributed by atoms with Crippen molar-refractivity contribution >= 4 is 11.9 Å². The van der Waals surface area contributed by atoms with E-state index in [0.29, 0.717) is 5.56 Å². The summed E-state index contributed by atoms with van der Waals surface area (Å²) in [5, 5.41) is 30.9. The zero-order valence-electron chi connectivity index (χ0n) is 13.5. The SMILES string of the molecule is COc1ccc2c(c1O)C1(O)/C(=C/OC3C=C(O)C(=O)O3)C(=O)OC1C2. The smallest absolute Gasteiger partial charge is 0.376 e. The van der Waals surface area contributed by atoms with Crippen LogP contribution in [0.1, 0.15) is 11.1 Å². The van der Waals surface area contributed by atoms with Crippen LogP contribution in [0.3, 0.4) is 0 Å². The third kappa shape index (κ3) is 2.07. The number of phenolic OH excluding ortho intramolecular Hbond substituents is 1. The third-order valence-electron chi connectivity index (χ3n) is 4.63. The number of methoxy groups -OCH3 is 1. The van der Waals surface area contributed by atoms with E-state index in [2.05, 4.69) is 0 Å². The lowest BCUT2D eigenvalue weighted by atomic mass is 9.88. The number of rotatable bonds is 3. The molecule has 0 radical (unpaired) electrons. The number of hydrogen-bond acceptors (Lipinski definition) is 9. The van der Waals surface area contributed by atoms with E-state index in [1.54, 1.807) is 12.1 Å². The molecule has 3 N–H and O–H groups in total. The van der Waals surface area contributed by atoms with Crippen LogP contribution in [-0.2, 0) is 35.8 Å². The van der Waals surface area contributed by atoms with E-state index in [4.69, 9.17) is 18.9 Å². The molecule has 3 aliphatic rings. The Balaban J connectivity index is 1.73. The largest absolute Gasteiger partial charge is 0.504 e. The topological polar surface area (TPSA) is 132 Å². The Labute approximate surface area is 146 Å². The normalized spacial score (nSPS) is 30.5. The van der Waals surface area contributed by atoms with Crippen molar-refractivity contribution in [3.8, 4) is 11.5 Å². The number of cyclic esters (lactones) is 1. The first kappa shape index (κ1) is 16.3. The Hall–Kier alpha value is -3.20. The van der Waals surface area contributed by atoms with Crippen LogP contribution < -0.4 is 4.74 Å². The number of aliphatic hydroxyl groups excluding tert-OH is 1. The molecule has 2 aliphatic heterocycles. The summed E-state index contributed by atoms with van der Waals surface area (Å²) in [4.78, 5) is 23.3. The molecule has 1 aliphatic carbocycles. The first-order chi connectivity index (χ1) is 12.4. The molecule has 1 aromatic rings. The molecule has 0 amide bonds. The molecule has 3 unspecified atom stereocenters. The highest BCUT2D eigenvalue weighted by Crippen LogP contribution is 2.53. The van der Waals surface area contributed by atoms with Crippen molar-refractivity contribution in [2.75, 3.05) is 7.11 Å². The van der Waals surface area contributed by atoms with Crippen LogP contribution in [0.4, 0.5) is 0 Å². The molecule has 0 bridgehead atoms. The standard InChI is InChI=1S/C17H14O9/c1-23-10-3-2-7-4-11-17(22,13(7)14(10)19)8(15(20)25-11)6-24-12-5-9(18)16(21)26-12/h2-3,5-6,11-12,18-19,22H,4H2,1H3/b8-6+. The van der Waals surface area contributed by atoms with Crippen LogP contribution in [0.15, 0.2) is 35.8 Å². The van der Waals surface area contributed by atoms with Gasteiger partial charge in [-0.15, -0.1) is 0 Å². The Morgan fingerprint density at radius 3 is 2.65 bits per heavy atom. The molecule has 3 atom stereocenters. The van der Waals surface area contributed by atoms with E-state index in [1.807, 2.05) is 0 Å². The predicted octanol–water partition coefficient (Wildman–Crippen LogP) is 0.295. The fraction of sp³-hybridized carbons (Fsp3) is 0.294. The Morgan fingerprint density at radius 2 is 2.00 bits per heavy atom. The van der Waals surface area contributed by atoms with Gasteiger partial charge in [-0.1, -0.05) is 6.07 Å². The Bertz CT molecular complexity index is 884. The number of esters is 2. The number of carbonyl (C=O) groups excluding carboxylic acids is 2. The molecule has 1 saturated heterocycles. The average molecular weight is 362 g/mol. The van der Waals surface area contributed by atoms with E-state index in [9.17, 15) is 24.9 Å². The zero-order valence-corrected chi connectivity index (χ0v) is 13.5. The number of carbonyl (C=O) groups is 2. The molecule has 9 heteroatoms. The van der Waals surface area contributed by atoms with E-state index < -0.39 is 35.7 Å². The quantitative estimate of drug-likeness (QED) is 0.394. The maximum absolute atomic E-state index is 12.2. The zero-order chi connectivity index (χ0) is 18.6. The molecule has 2 heterocycles. The average Bonchev–Trinajstić information content (AvgIpc) is 3.14. The highest BCUT2D eigenvalue weighted by Gasteiger charge is 2.60. The van der Waals surface area contributed by atoms with Gasteiger partial charge in [0.25, 0.3) is 6.29 Å². The van der Waals surface area contributed by atoms with Crippen LogP contribution in [0.25, 0.3) is 0 Å². The fourth-order valence-electron chi connectivity index (χ4n) is 3.40. The molecule has 136 valence electrons. The van der Waals surface area contributed by atoms with Gasteiger partial charge in [-0.3, -0.25) is 0 Å². The van der Waals surface area contributed by atoms with Gasteiger partial charge in [0.05, 0.1) is 7.11 Å². The summed E-state index contributed by atoms with van der Waals surface area (Å²) in [6, 6.07) is 3.21. The third-order valence-corrected chi connectivity index (χ3v) is 4.63. The van der Waals surface area contributed by atoms with Crippen molar-refractivity contribution in [3.63, 3.8) is 0 Å². The molecular formula is C17H14O9. The molecule has 1 fully saturated rings. The van der Waals surface area contributed by atoms with Crippen molar-refractivity contribution in [1.82, 2.24) is 0 Å². The van der Waals surface area contributed by atoms with Gasteiger partial charge >= 0.3 is 11.9 Å². The molecule has 4 rings (SSSR count). The van der Waals surface area contributed by atoms with Gasteiger partial charge in [-0.2, -0.15) is 0 Å². The molecular weight excluding hydrogens is 348 g/mol. The minimum Gasteiger partial charge on any atom is -0.504 e. The van der Waals surface area contributed by atoms with Crippen molar-refractivity contribution in [1.29, 1.82) is 0 Å². The van der Waals surface area contributed by atoms with Gasteiger partial charge < -0.3 is 34.3 Å². The molecule has 9 nitrogen and oxygen atoms in total. The maximum Gasteiger partial charge on any atom is 0.376 e. The second-order valence-electron chi connectivity index (χ2n) is 6.01. The van der Waals surface area contributed by atoms with Gasteiger partial charge in [-0.25, -0.2) is 9.59 Å².